The van der Waals surface area contributed by atoms with Crippen LogP contribution in [-0.2, 0) is 11.4 Å². The molecular weight excluding hydrogens is 150 g/mol. The van der Waals surface area contributed by atoms with Gasteiger partial charge < -0.3 is 0 Å². The Labute approximate surface area is 62.4 Å². The molecule has 1 rings (SSSR count). The summed E-state index contributed by atoms with van der Waals surface area (Å²) in [5, 5.41) is 1.77. The zero-order valence-corrected chi connectivity index (χ0v) is 6.06. The van der Waals surface area contributed by atoms with Crippen LogP contribution in [0.3, 0.4) is 0 Å². The van der Waals surface area contributed by atoms with E-state index in [9.17, 15) is 4.79 Å². The van der Waals surface area contributed by atoms with Gasteiger partial charge in [-0.05, 0) is 6.07 Å². The second-order valence-corrected chi connectivity index (χ2v) is 2.77. The van der Waals surface area contributed by atoms with Crippen LogP contribution in [0.15, 0.2) is 11.4 Å². The lowest BCUT2D eigenvalue weighted by atomic mass is 10.3. The average Bonchev–Trinajstić information content (AvgIpc) is 2.37. The SMILES string of the molecule is NOCc1cc(C=O)cs1. The molecule has 0 saturated carbocycles. The first-order chi connectivity index (χ1) is 4.86. The topological polar surface area (TPSA) is 52.3 Å². The van der Waals surface area contributed by atoms with Crippen molar-refractivity contribution in [2.24, 2.45) is 5.90 Å². The van der Waals surface area contributed by atoms with E-state index in [2.05, 4.69) is 4.84 Å². The summed E-state index contributed by atoms with van der Waals surface area (Å²) in [5.41, 5.74) is 0.678. The maximum atomic E-state index is 10.2. The van der Waals surface area contributed by atoms with E-state index in [4.69, 9.17) is 5.90 Å². The number of hydrogen-bond donors (Lipinski definition) is 1. The molecule has 0 amide bonds. The molecule has 1 heterocycles. The Balaban J connectivity index is 2.68. The first-order valence-corrected chi connectivity index (χ1v) is 3.59. The molecule has 0 aromatic carbocycles. The van der Waals surface area contributed by atoms with E-state index < -0.39 is 0 Å². The number of rotatable bonds is 3. The Morgan fingerprint density at radius 1 is 1.80 bits per heavy atom. The molecule has 0 saturated heterocycles. The largest absolute Gasteiger partial charge is 0.299 e. The van der Waals surface area contributed by atoms with Gasteiger partial charge in [-0.15, -0.1) is 11.3 Å². The summed E-state index contributed by atoms with van der Waals surface area (Å²) in [6.45, 7) is 0.374. The van der Waals surface area contributed by atoms with Crippen LogP contribution >= 0.6 is 11.3 Å². The first kappa shape index (κ1) is 7.40. The van der Waals surface area contributed by atoms with Crippen molar-refractivity contribution in [1.29, 1.82) is 0 Å². The van der Waals surface area contributed by atoms with Crippen LogP contribution in [0.1, 0.15) is 15.2 Å². The minimum atomic E-state index is 0.374. The lowest BCUT2D eigenvalue weighted by molar-refractivity contribution is 0.112. The number of nitrogens with two attached hydrogens (primary N) is 1. The van der Waals surface area contributed by atoms with E-state index >= 15 is 0 Å². The fraction of sp³-hybridized carbons (Fsp3) is 0.167. The number of thiophene rings is 1. The Morgan fingerprint density at radius 2 is 2.60 bits per heavy atom. The third-order valence-electron chi connectivity index (χ3n) is 1.04. The summed E-state index contributed by atoms with van der Waals surface area (Å²) in [5.74, 6) is 4.83. The third-order valence-corrected chi connectivity index (χ3v) is 1.96. The van der Waals surface area contributed by atoms with Crippen molar-refractivity contribution >= 4 is 17.6 Å². The molecule has 0 unspecified atom stereocenters. The van der Waals surface area contributed by atoms with E-state index in [1.54, 1.807) is 11.4 Å². The van der Waals surface area contributed by atoms with E-state index in [1.807, 2.05) is 0 Å². The molecule has 1 aromatic heterocycles. The highest BCUT2D eigenvalue weighted by Crippen LogP contribution is 2.12. The number of aldehydes is 1. The summed E-state index contributed by atoms with van der Waals surface area (Å²) >= 11 is 1.46. The van der Waals surface area contributed by atoms with Gasteiger partial charge in [0.25, 0.3) is 0 Å². The molecule has 2 N–H and O–H groups in total. The standard InChI is InChI=1S/C6H7NO2S/c7-9-3-6-1-5(2-8)4-10-6/h1-2,4H,3,7H2. The smallest absolute Gasteiger partial charge is 0.150 e. The number of carbonyl (C=O) groups excluding carboxylic acids is 1. The Bertz CT molecular complexity index is 221. The predicted molar refractivity (Wildman–Crippen MR) is 38.7 cm³/mol. The number of carbonyl (C=O) groups is 1. The molecule has 0 bridgehead atoms. The van der Waals surface area contributed by atoms with Crippen molar-refractivity contribution in [1.82, 2.24) is 0 Å². The Hall–Kier alpha value is -0.710. The molecule has 10 heavy (non-hydrogen) atoms. The summed E-state index contributed by atoms with van der Waals surface area (Å²) in [4.78, 5) is 15.5. The molecular formula is C6H7NO2S. The van der Waals surface area contributed by atoms with Gasteiger partial charge in [-0.1, -0.05) is 0 Å². The van der Waals surface area contributed by atoms with Gasteiger partial charge in [0.05, 0.1) is 0 Å². The van der Waals surface area contributed by atoms with Crippen molar-refractivity contribution in [2.75, 3.05) is 0 Å². The van der Waals surface area contributed by atoms with E-state index in [1.165, 1.54) is 11.3 Å². The maximum absolute atomic E-state index is 10.2. The van der Waals surface area contributed by atoms with Crippen LogP contribution in [0.25, 0.3) is 0 Å². The van der Waals surface area contributed by atoms with Crippen LogP contribution in [0, 0.1) is 0 Å². The van der Waals surface area contributed by atoms with Crippen LogP contribution in [0.5, 0.6) is 0 Å². The van der Waals surface area contributed by atoms with Crippen LogP contribution in [0.4, 0.5) is 0 Å². The van der Waals surface area contributed by atoms with Gasteiger partial charge in [-0.2, -0.15) is 0 Å². The average molecular weight is 157 g/mol. The lowest BCUT2D eigenvalue weighted by Crippen LogP contribution is -1.96. The highest BCUT2D eigenvalue weighted by molar-refractivity contribution is 7.10. The van der Waals surface area contributed by atoms with Crippen molar-refractivity contribution in [3.63, 3.8) is 0 Å². The van der Waals surface area contributed by atoms with Crippen molar-refractivity contribution in [3.05, 3.63) is 21.9 Å². The number of hydrogen-bond acceptors (Lipinski definition) is 4. The third kappa shape index (κ3) is 1.63. The minimum absolute atomic E-state index is 0.374. The molecule has 0 aliphatic carbocycles. The van der Waals surface area contributed by atoms with Crippen molar-refractivity contribution in [3.8, 4) is 0 Å². The second kappa shape index (κ2) is 3.46. The molecule has 3 nitrogen and oxygen atoms in total. The molecule has 0 aliphatic heterocycles. The van der Waals surface area contributed by atoms with Crippen molar-refractivity contribution in [2.45, 2.75) is 6.61 Å². The first-order valence-electron chi connectivity index (χ1n) is 2.71. The molecule has 54 valence electrons. The molecule has 0 atom stereocenters. The van der Waals surface area contributed by atoms with Gasteiger partial charge in [0.1, 0.15) is 6.61 Å². The fourth-order valence-electron chi connectivity index (χ4n) is 0.617. The highest BCUT2D eigenvalue weighted by Gasteiger charge is 1.96. The normalized spacial score (nSPS) is 9.70. The molecule has 0 aliphatic rings. The summed E-state index contributed by atoms with van der Waals surface area (Å²) in [6.07, 6.45) is 0.802. The summed E-state index contributed by atoms with van der Waals surface area (Å²) in [6, 6.07) is 1.75. The van der Waals surface area contributed by atoms with Gasteiger partial charge in [-0.3, -0.25) is 9.63 Å². The molecule has 0 fully saturated rings. The zero-order valence-electron chi connectivity index (χ0n) is 5.24. The molecule has 4 heteroatoms. The van der Waals surface area contributed by atoms with Gasteiger partial charge >= 0.3 is 0 Å². The highest BCUT2D eigenvalue weighted by atomic mass is 32.1. The van der Waals surface area contributed by atoms with E-state index in [-0.39, 0.29) is 0 Å². The second-order valence-electron chi connectivity index (χ2n) is 1.78. The Kier molecular flexibility index (Phi) is 2.56. The minimum Gasteiger partial charge on any atom is -0.299 e. The van der Waals surface area contributed by atoms with Crippen LogP contribution in [-0.4, -0.2) is 6.29 Å². The molecule has 1 aromatic rings. The van der Waals surface area contributed by atoms with Crippen LogP contribution in [0.2, 0.25) is 0 Å². The molecule has 0 radical (unpaired) electrons. The summed E-state index contributed by atoms with van der Waals surface area (Å²) in [7, 11) is 0. The fourth-order valence-corrected chi connectivity index (χ4v) is 1.37. The van der Waals surface area contributed by atoms with Crippen LogP contribution < -0.4 is 5.90 Å². The Morgan fingerprint density at radius 3 is 3.10 bits per heavy atom. The predicted octanol–water partition coefficient (Wildman–Crippen LogP) is 0.951. The van der Waals surface area contributed by atoms with E-state index in [0.29, 0.717) is 12.2 Å². The van der Waals surface area contributed by atoms with Gasteiger partial charge in [-0.25, -0.2) is 5.90 Å². The summed E-state index contributed by atoms with van der Waals surface area (Å²) < 4.78 is 0. The van der Waals surface area contributed by atoms with Gasteiger partial charge in [0.2, 0.25) is 0 Å². The van der Waals surface area contributed by atoms with Gasteiger partial charge in [0, 0.05) is 15.8 Å². The van der Waals surface area contributed by atoms with Crippen molar-refractivity contribution < 1.29 is 9.63 Å². The lowest BCUT2D eigenvalue weighted by Gasteiger charge is -1.88. The quantitative estimate of drug-likeness (QED) is 0.525. The zero-order chi connectivity index (χ0) is 7.40. The van der Waals surface area contributed by atoms with E-state index in [0.717, 1.165) is 11.2 Å². The maximum Gasteiger partial charge on any atom is 0.150 e. The monoisotopic (exact) mass is 157 g/mol. The van der Waals surface area contributed by atoms with Gasteiger partial charge in [0.15, 0.2) is 6.29 Å². The molecule has 0 spiro atoms.